The minimum atomic E-state index is -3.64. The third-order valence-electron chi connectivity index (χ3n) is 5.77. The van der Waals surface area contributed by atoms with Crippen LogP contribution >= 0.6 is 0 Å². The first-order valence-corrected chi connectivity index (χ1v) is 10.9. The van der Waals surface area contributed by atoms with Gasteiger partial charge >= 0.3 is 0 Å². The molecule has 2 aliphatic carbocycles. The van der Waals surface area contributed by atoms with E-state index in [9.17, 15) is 13.2 Å². The van der Waals surface area contributed by atoms with Crippen molar-refractivity contribution in [2.24, 2.45) is 17.8 Å². The van der Waals surface area contributed by atoms with Gasteiger partial charge in [-0.2, -0.15) is 0 Å². The maximum Gasteiger partial charge on any atom is 0.235 e. The van der Waals surface area contributed by atoms with Crippen LogP contribution < -0.4 is 10.0 Å². The summed E-state index contributed by atoms with van der Waals surface area (Å²) in [6.07, 6.45) is 6.61. The first kappa shape index (κ1) is 19.1. The second-order valence-electron chi connectivity index (χ2n) is 7.77. The highest BCUT2D eigenvalue weighted by Gasteiger charge is 2.42. The number of amides is 1. The normalized spacial score (nSPS) is 26.3. The number of nitrogens with one attached hydrogen (secondary N) is 2. The van der Waals surface area contributed by atoms with E-state index in [0.29, 0.717) is 5.92 Å². The summed E-state index contributed by atoms with van der Waals surface area (Å²) in [5.41, 5.74) is 1.92. The Kier molecular flexibility index (Phi) is 5.82. The predicted molar refractivity (Wildman–Crippen MR) is 104 cm³/mol. The molecule has 4 unspecified atom stereocenters. The van der Waals surface area contributed by atoms with Crippen LogP contribution in [0.15, 0.2) is 29.7 Å². The number of aryl methyl sites for hydroxylation is 1. The molecule has 0 radical (unpaired) electrons. The van der Waals surface area contributed by atoms with Crippen molar-refractivity contribution in [2.45, 2.75) is 45.6 Å². The van der Waals surface area contributed by atoms with Gasteiger partial charge in [-0.05, 0) is 62.5 Å². The van der Waals surface area contributed by atoms with Gasteiger partial charge in [0.1, 0.15) is 0 Å². The summed E-state index contributed by atoms with van der Waals surface area (Å²) >= 11 is 0. The van der Waals surface area contributed by atoms with E-state index in [1.807, 2.05) is 38.1 Å². The highest BCUT2D eigenvalue weighted by Crippen LogP contribution is 2.49. The molecule has 4 atom stereocenters. The number of rotatable bonds is 7. The Morgan fingerprint density at radius 1 is 1.23 bits per heavy atom. The Morgan fingerprint density at radius 2 is 1.96 bits per heavy atom. The summed E-state index contributed by atoms with van der Waals surface area (Å²) in [7, 11) is -3.64. The highest BCUT2D eigenvalue weighted by atomic mass is 32.2. The lowest BCUT2D eigenvalue weighted by molar-refractivity contribution is -0.121. The van der Waals surface area contributed by atoms with Crippen LogP contribution in [0.5, 0.6) is 0 Å². The fraction of sp³-hybridized carbons (Fsp3) is 0.550. The molecule has 0 aromatic heterocycles. The Labute approximate surface area is 156 Å². The van der Waals surface area contributed by atoms with Crippen LogP contribution in [0, 0.1) is 24.7 Å². The van der Waals surface area contributed by atoms with Crippen molar-refractivity contribution < 1.29 is 13.2 Å². The van der Waals surface area contributed by atoms with E-state index in [4.69, 9.17) is 0 Å². The summed E-state index contributed by atoms with van der Waals surface area (Å²) in [6.45, 7) is 3.78. The molecule has 0 heterocycles. The molecule has 1 aromatic rings. The summed E-state index contributed by atoms with van der Waals surface area (Å²) < 4.78 is 26.4. The smallest absolute Gasteiger partial charge is 0.235 e. The average Bonchev–Trinajstić information content (AvgIpc) is 3.23. The van der Waals surface area contributed by atoms with Crippen LogP contribution in [0.25, 0.3) is 6.08 Å². The van der Waals surface area contributed by atoms with Crippen LogP contribution in [0.4, 0.5) is 0 Å². The third-order valence-corrected chi connectivity index (χ3v) is 6.82. The van der Waals surface area contributed by atoms with Crippen molar-refractivity contribution in [3.63, 3.8) is 0 Å². The van der Waals surface area contributed by atoms with E-state index in [0.717, 1.165) is 28.4 Å². The Bertz CT molecular complexity index is 771. The largest absolute Gasteiger partial charge is 0.352 e. The molecule has 2 fully saturated rings. The van der Waals surface area contributed by atoms with Gasteiger partial charge in [0, 0.05) is 11.4 Å². The van der Waals surface area contributed by atoms with Crippen molar-refractivity contribution in [1.29, 1.82) is 0 Å². The Morgan fingerprint density at radius 3 is 2.58 bits per heavy atom. The van der Waals surface area contributed by atoms with E-state index < -0.39 is 10.0 Å². The maximum absolute atomic E-state index is 12.1. The van der Waals surface area contributed by atoms with E-state index in [1.165, 1.54) is 31.8 Å². The van der Waals surface area contributed by atoms with Crippen LogP contribution in [-0.2, 0) is 14.8 Å². The van der Waals surface area contributed by atoms with Crippen molar-refractivity contribution in [3.8, 4) is 0 Å². The monoisotopic (exact) mass is 376 g/mol. The maximum atomic E-state index is 12.1. The van der Waals surface area contributed by atoms with Gasteiger partial charge in [0.2, 0.25) is 15.9 Å². The second kappa shape index (κ2) is 7.92. The zero-order valence-electron chi connectivity index (χ0n) is 15.4. The Balaban J connectivity index is 1.46. The molecule has 2 bridgehead atoms. The molecular weight excluding hydrogens is 348 g/mol. The van der Waals surface area contributed by atoms with Crippen LogP contribution in [0.3, 0.4) is 0 Å². The molecule has 2 N–H and O–H groups in total. The minimum absolute atomic E-state index is 0.102. The fourth-order valence-electron chi connectivity index (χ4n) is 4.38. The molecule has 2 saturated carbocycles. The van der Waals surface area contributed by atoms with E-state index in [2.05, 4.69) is 10.0 Å². The van der Waals surface area contributed by atoms with Crippen LogP contribution in [0.1, 0.15) is 43.7 Å². The van der Waals surface area contributed by atoms with E-state index >= 15 is 0 Å². The second-order valence-corrected chi connectivity index (χ2v) is 9.43. The molecular formula is C20H28N2O3S. The van der Waals surface area contributed by atoms with Gasteiger partial charge in [-0.15, -0.1) is 0 Å². The van der Waals surface area contributed by atoms with Gasteiger partial charge in [-0.25, -0.2) is 13.1 Å². The van der Waals surface area contributed by atoms with Crippen molar-refractivity contribution >= 4 is 22.0 Å². The number of hydrogen-bond acceptors (Lipinski definition) is 3. The molecule has 3 rings (SSSR count). The van der Waals surface area contributed by atoms with Gasteiger partial charge in [0.15, 0.2) is 0 Å². The molecule has 0 saturated heterocycles. The number of carbonyl (C=O) groups excluding carboxylic acids is 1. The fourth-order valence-corrected chi connectivity index (χ4v) is 5.14. The van der Waals surface area contributed by atoms with Gasteiger partial charge in [-0.1, -0.05) is 36.2 Å². The zero-order valence-corrected chi connectivity index (χ0v) is 16.3. The molecule has 26 heavy (non-hydrogen) atoms. The molecule has 2 aliphatic rings. The number of fused-ring (bicyclic) bond motifs is 2. The molecule has 1 amide bonds. The summed E-state index contributed by atoms with van der Waals surface area (Å²) in [6, 6.07) is 7.65. The number of benzene rings is 1. The topological polar surface area (TPSA) is 75.3 Å². The standard InChI is InChI=1S/C20H28N2O3S/c1-14-3-5-16(6-4-14)9-10-26(24,25)21-13-20(23)22-15(2)19-12-17-7-8-18(19)11-17/h3-6,9-10,15,17-19,21H,7-8,11-13H2,1-2H3,(H,22,23). The lowest BCUT2D eigenvalue weighted by Crippen LogP contribution is -2.44. The van der Waals surface area contributed by atoms with Crippen molar-refractivity contribution in [1.82, 2.24) is 10.0 Å². The van der Waals surface area contributed by atoms with Gasteiger partial charge in [-0.3, -0.25) is 4.79 Å². The first-order valence-electron chi connectivity index (χ1n) is 9.36. The zero-order chi connectivity index (χ0) is 18.7. The lowest BCUT2D eigenvalue weighted by atomic mass is 9.84. The SMILES string of the molecule is Cc1ccc(C=CS(=O)(=O)NCC(=O)NC(C)C2CC3CCC2C3)cc1. The van der Waals surface area contributed by atoms with Gasteiger partial charge in [0.25, 0.3) is 0 Å². The van der Waals surface area contributed by atoms with Crippen molar-refractivity contribution in [3.05, 3.63) is 40.8 Å². The van der Waals surface area contributed by atoms with Gasteiger partial charge in [0.05, 0.1) is 6.54 Å². The van der Waals surface area contributed by atoms with Gasteiger partial charge < -0.3 is 5.32 Å². The summed E-state index contributed by atoms with van der Waals surface area (Å²) in [5.74, 6) is 1.82. The van der Waals surface area contributed by atoms with Crippen molar-refractivity contribution in [2.75, 3.05) is 6.54 Å². The quantitative estimate of drug-likeness (QED) is 0.768. The molecule has 0 spiro atoms. The van der Waals surface area contributed by atoms with E-state index in [1.54, 1.807) is 0 Å². The molecule has 5 nitrogen and oxygen atoms in total. The number of carbonyl (C=O) groups is 1. The van der Waals surface area contributed by atoms with Crippen LogP contribution in [-0.4, -0.2) is 26.9 Å². The molecule has 142 valence electrons. The molecule has 1 aromatic carbocycles. The highest BCUT2D eigenvalue weighted by molar-refractivity contribution is 7.92. The number of hydrogen-bond donors (Lipinski definition) is 2. The first-order chi connectivity index (χ1) is 12.3. The minimum Gasteiger partial charge on any atom is -0.352 e. The van der Waals surface area contributed by atoms with E-state index in [-0.39, 0.29) is 18.5 Å². The third kappa shape index (κ3) is 4.95. The lowest BCUT2D eigenvalue weighted by Gasteiger charge is -2.28. The summed E-state index contributed by atoms with van der Waals surface area (Å²) in [5, 5.41) is 4.07. The predicted octanol–water partition coefficient (Wildman–Crippen LogP) is 2.83. The number of sulfonamides is 1. The summed E-state index contributed by atoms with van der Waals surface area (Å²) in [4.78, 5) is 12.1. The molecule has 0 aliphatic heterocycles. The van der Waals surface area contributed by atoms with Crippen LogP contribution in [0.2, 0.25) is 0 Å². The average molecular weight is 377 g/mol. The molecule has 6 heteroatoms. The Hall–Kier alpha value is -1.66.